The highest BCUT2D eigenvalue weighted by Crippen LogP contribution is 2.28. The van der Waals surface area contributed by atoms with E-state index in [0.29, 0.717) is 64.2 Å². The summed E-state index contributed by atoms with van der Waals surface area (Å²) >= 11 is 0. The zero-order valence-electron chi connectivity index (χ0n) is 73.1. The number of carbonyl (C=O) groups excluding carboxylic acids is 16. The minimum Gasteiger partial charge on any atom is -0.508 e. The number of amides is 16. The number of hydrogen-bond acceptors (Lipinski definition) is 20. The first-order valence-electron chi connectivity index (χ1n) is 43.0. The Balaban J connectivity index is 1.16. The van der Waals surface area contributed by atoms with Crippen molar-refractivity contribution < 1.29 is 86.9 Å². The second kappa shape index (κ2) is 46.1. The molecule has 3 fully saturated rings. The molecule has 38 heteroatoms. The van der Waals surface area contributed by atoms with Gasteiger partial charge in [-0.2, -0.15) is 0 Å². The van der Waals surface area contributed by atoms with Gasteiger partial charge in [0.2, 0.25) is 94.5 Å². The summed E-state index contributed by atoms with van der Waals surface area (Å²) < 4.78 is 0. The Labute approximate surface area is 727 Å². The molecule has 8 rings (SSSR count). The fourth-order valence-corrected chi connectivity index (χ4v) is 16.0. The number of phenolic OH excluding ortho intramolecular Hbond substituents is 1. The number of H-pyrrole nitrogens is 2. The van der Waals surface area contributed by atoms with Crippen molar-refractivity contribution in [2.75, 3.05) is 53.9 Å². The van der Waals surface area contributed by atoms with E-state index in [4.69, 9.17) is 17.2 Å². The molecule has 16 amide bonds. The van der Waals surface area contributed by atoms with Crippen molar-refractivity contribution in [3.05, 3.63) is 102 Å². The molecular formula is C87H126N20O18. The lowest BCUT2D eigenvalue weighted by Crippen LogP contribution is -2.61. The van der Waals surface area contributed by atoms with Gasteiger partial charge >= 0.3 is 0 Å². The first-order valence-corrected chi connectivity index (χ1v) is 43.0. The lowest BCUT2D eigenvalue weighted by molar-refractivity contribution is -0.149. The molecule has 20 N–H and O–H groups in total. The molecular weight excluding hydrogens is 1610 g/mol. The van der Waals surface area contributed by atoms with Crippen LogP contribution in [0.5, 0.6) is 5.75 Å². The number of fused-ring (bicyclic) bond motifs is 4. The summed E-state index contributed by atoms with van der Waals surface area (Å²) in [7, 11) is 4.06. The number of phenols is 1. The SMILES string of the molecule is CCCC[C@H]1C(=O)N(C)[C@@H](CCCC)C(=O)N[C@@H](CC(C)C)C(=O)N[C@@H](C)C(=O)NCC(=O)N[C@@H](Cc2ccc(O)cc2)C(=O)N(C)[C@@H](C)C(=O)N[C@@H](CC(N)=O)C(=O)N2CCC[C@H]2C(=O)N[C@@H](CN)C(=O)N[C@@H](CC(C)C)C(=O)N2C[C@H](O)C[C@H]2C(=O)N[C@@H](Cc2c[nH]c3ccccc23)C(=O)N[C@@H](CCN)C(=O)N[C@@H](Cc2c[nH]c3ccccc23)C(=O)N1C. The highest BCUT2D eigenvalue weighted by Gasteiger charge is 2.46. The normalized spacial score (nSPS) is 26.0. The molecule has 0 aliphatic carbocycles. The van der Waals surface area contributed by atoms with Crippen LogP contribution in [-0.4, -0.2) is 284 Å². The van der Waals surface area contributed by atoms with E-state index in [-0.39, 0.29) is 101 Å². The quantitative estimate of drug-likeness (QED) is 0.0419. The first kappa shape index (κ1) is 98.4. The van der Waals surface area contributed by atoms with Crippen LogP contribution in [0.15, 0.2) is 85.2 Å². The average molecular weight is 1740 g/mol. The van der Waals surface area contributed by atoms with Crippen LogP contribution >= 0.6 is 0 Å². The number of rotatable bonds is 21. The first-order chi connectivity index (χ1) is 59.4. The van der Waals surface area contributed by atoms with Crippen molar-refractivity contribution in [1.82, 2.24) is 87.6 Å². The third kappa shape index (κ3) is 26.5. The van der Waals surface area contributed by atoms with Gasteiger partial charge in [0.1, 0.15) is 90.3 Å². The average Bonchev–Trinajstić information content (AvgIpc) is 1.69. The molecule has 5 heterocycles. The number of aromatic hydroxyl groups is 1. The number of aromatic amines is 2. The third-order valence-electron chi connectivity index (χ3n) is 23.2. The van der Waals surface area contributed by atoms with Gasteiger partial charge in [0.05, 0.1) is 19.1 Å². The Morgan fingerprint density at radius 2 is 0.976 bits per heavy atom. The number of nitrogens with zero attached hydrogens (tertiary/aromatic N) is 5. The molecule has 125 heavy (non-hydrogen) atoms. The topological polar surface area (TPSA) is 560 Å². The summed E-state index contributed by atoms with van der Waals surface area (Å²) in [6.45, 7) is 11.4. The van der Waals surface area contributed by atoms with E-state index in [1.54, 1.807) is 70.4 Å². The molecule has 38 nitrogen and oxygen atoms in total. The Kier molecular flexibility index (Phi) is 36.3. The molecule has 0 radical (unpaired) electrons. The number of hydrogen-bond donors (Lipinski definition) is 17. The van der Waals surface area contributed by atoms with E-state index in [1.807, 2.05) is 32.0 Å². The Bertz CT molecular complexity index is 4670. The van der Waals surface area contributed by atoms with Crippen LogP contribution in [0.2, 0.25) is 0 Å². The zero-order valence-corrected chi connectivity index (χ0v) is 73.1. The van der Waals surface area contributed by atoms with Crippen LogP contribution in [0, 0.1) is 11.8 Å². The molecule has 0 bridgehead atoms. The molecule has 2 aromatic heterocycles. The Hall–Kier alpha value is -12.1. The highest BCUT2D eigenvalue weighted by molar-refractivity contribution is 6.02. The van der Waals surface area contributed by atoms with Crippen molar-refractivity contribution in [2.24, 2.45) is 29.0 Å². The van der Waals surface area contributed by atoms with Crippen molar-refractivity contribution >= 4 is 116 Å². The van der Waals surface area contributed by atoms with Crippen LogP contribution in [-0.2, 0) is 96.0 Å². The molecule has 15 atom stereocenters. The number of benzene rings is 3. The molecule has 5 aromatic rings. The number of nitrogens with two attached hydrogens (primary N) is 3. The number of aliphatic hydroxyl groups is 1. The molecule has 0 unspecified atom stereocenters. The van der Waals surface area contributed by atoms with Gasteiger partial charge in [-0.05, 0) is 118 Å². The second-order valence-corrected chi connectivity index (χ2v) is 33.7. The van der Waals surface area contributed by atoms with Gasteiger partial charge in [0.15, 0.2) is 0 Å². The molecule has 0 saturated carbocycles. The number of primary amides is 1. The summed E-state index contributed by atoms with van der Waals surface area (Å²) in [5.41, 5.74) is 21.0. The third-order valence-corrected chi connectivity index (χ3v) is 23.2. The minimum absolute atomic E-state index is 0.00768. The second-order valence-electron chi connectivity index (χ2n) is 33.7. The molecule has 0 spiro atoms. The monoisotopic (exact) mass is 1740 g/mol. The molecule has 3 aliphatic rings. The van der Waals surface area contributed by atoms with Crippen molar-refractivity contribution in [3.8, 4) is 5.75 Å². The van der Waals surface area contributed by atoms with Gasteiger partial charge in [-0.1, -0.05) is 116 Å². The predicted octanol–water partition coefficient (Wildman–Crippen LogP) is -0.995. The predicted molar refractivity (Wildman–Crippen MR) is 463 cm³/mol. The molecule has 3 saturated heterocycles. The van der Waals surface area contributed by atoms with Gasteiger partial charge in [-0.3, -0.25) is 76.7 Å². The number of nitrogens with one attached hydrogen (secondary N) is 12. The number of unbranched alkanes of at least 4 members (excludes halogenated alkanes) is 2. The number of aromatic nitrogens is 2. The summed E-state index contributed by atoms with van der Waals surface area (Å²) in [4.78, 5) is 247. The van der Waals surface area contributed by atoms with Gasteiger partial charge in [-0.15, -0.1) is 0 Å². The van der Waals surface area contributed by atoms with E-state index < -0.39 is 211 Å². The molecule has 682 valence electrons. The summed E-state index contributed by atoms with van der Waals surface area (Å²) in [5.74, 6) is -14.8. The van der Waals surface area contributed by atoms with E-state index in [0.717, 1.165) is 14.7 Å². The van der Waals surface area contributed by atoms with E-state index >= 15 is 28.8 Å². The van der Waals surface area contributed by atoms with Crippen LogP contribution in [0.25, 0.3) is 21.8 Å². The standard InChI is InChI=1S/C87H126N20O18/c1-12-14-25-68-80(118)97-61(35-47(3)4)77(115)94-49(7)74(112)93-45-73(111)95-64(37-51-28-30-54(108)31-29-51)83(121)103(9)50(8)75(113)99-66(41-72(90)110)85(123)106-34-20-27-69(106)81(119)102-67(42-89)79(117)100-63(36-48(5)6)86(124)107-46-55(109)40-71(107)82(120)98-62(38-52-43-91-58-23-18-16-21-56(52)58)78(116)96-60(32-33-88)76(114)101-65(39-53-44-92-59-24-19-17-22-57(53)59)84(122)105(11)70(26-15-13-2)87(125)104(68)10/h16-19,21-24,28-31,43-44,47-50,55,60-71,91-92,108-109H,12-15,20,25-27,32-42,45-46,88-89H2,1-11H3,(H2,90,110)(H,93,112)(H,94,115)(H,95,111)(H,96,116)(H,97,118)(H,98,120)(H,99,113)(H,100,117)(H,101,114)(H,102,119)/t49-,50-,55+,60-,61-,62-,63-,64-,65-,66-,67-,68-,69-,70-,71-/m0/s1. The fraction of sp³-hybridized carbons (Fsp3) is 0.563. The van der Waals surface area contributed by atoms with Crippen LogP contribution in [0.1, 0.15) is 156 Å². The number of carbonyl (C=O) groups is 16. The van der Waals surface area contributed by atoms with Crippen molar-refractivity contribution in [3.63, 3.8) is 0 Å². The minimum atomic E-state index is -1.74. The largest absolute Gasteiger partial charge is 0.508 e. The van der Waals surface area contributed by atoms with Gasteiger partial charge < -0.3 is 115 Å². The van der Waals surface area contributed by atoms with Gasteiger partial charge in [0, 0.05) is 101 Å². The maximum atomic E-state index is 15.7. The summed E-state index contributed by atoms with van der Waals surface area (Å²) in [6.07, 6.45) is 2.28. The van der Waals surface area contributed by atoms with E-state index in [1.165, 1.54) is 69.1 Å². The molecule has 3 aromatic carbocycles. The number of aliphatic hydroxyl groups excluding tert-OH is 1. The van der Waals surface area contributed by atoms with E-state index in [2.05, 4.69) is 63.1 Å². The van der Waals surface area contributed by atoms with E-state index in [9.17, 15) is 58.2 Å². The van der Waals surface area contributed by atoms with Gasteiger partial charge in [0.25, 0.3) is 0 Å². The van der Waals surface area contributed by atoms with Gasteiger partial charge in [-0.25, -0.2) is 0 Å². The number of para-hydroxylation sites is 2. The summed E-state index contributed by atoms with van der Waals surface area (Å²) in [5, 5.41) is 49.6. The zero-order chi connectivity index (χ0) is 91.8. The Morgan fingerprint density at radius 3 is 1.57 bits per heavy atom. The van der Waals surface area contributed by atoms with Crippen molar-refractivity contribution in [1.29, 1.82) is 0 Å². The highest BCUT2D eigenvalue weighted by atomic mass is 16.3. The maximum absolute atomic E-state index is 15.7. The number of likely N-dealkylation sites (N-methyl/N-ethyl adjacent to an activating group) is 3. The molecule has 3 aliphatic heterocycles. The van der Waals surface area contributed by atoms with Crippen LogP contribution in [0.3, 0.4) is 0 Å². The van der Waals surface area contributed by atoms with Crippen LogP contribution in [0.4, 0.5) is 0 Å². The smallest absolute Gasteiger partial charge is 0.246 e. The summed E-state index contributed by atoms with van der Waals surface area (Å²) in [6, 6.07) is -0.317. The Morgan fingerprint density at radius 1 is 0.488 bits per heavy atom. The fourth-order valence-electron chi connectivity index (χ4n) is 16.0. The lowest BCUT2D eigenvalue weighted by Gasteiger charge is -2.36. The van der Waals surface area contributed by atoms with Crippen molar-refractivity contribution in [2.45, 2.75) is 249 Å². The maximum Gasteiger partial charge on any atom is 0.246 e. The van der Waals surface area contributed by atoms with Crippen LogP contribution < -0.4 is 70.4 Å². The lowest BCUT2D eigenvalue weighted by atomic mass is 9.99.